The number of nitrogens with zero attached hydrogens (tertiary/aromatic N) is 1. The van der Waals surface area contributed by atoms with Gasteiger partial charge in [-0.05, 0) is 55.3 Å². The van der Waals surface area contributed by atoms with Gasteiger partial charge in [0.1, 0.15) is 0 Å². The Morgan fingerprint density at radius 1 is 1.08 bits per heavy atom. The van der Waals surface area contributed by atoms with Gasteiger partial charge in [0.2, 0.25) is 11.8 Å². The van der Waals surface area contributed by atoms with Crippen LogP contribution in [0.5, 0.6) is 0 Å². The average molecular weight is 365 g/mol. The quantitative estimate of drug-likeness (QED) is 0.804. The van der Waals surface area contributed by atoms with Crippen molar-refractivity contribution in [1.29, 1.82) is 0 Å². The van der Waals surface area contributed by atoms with Crippen LogP contribution in [0.15, 0.2) is 0 Å². The molecule has 2 aliphatic rings. The van der Waals surface area contributed by atoms with Crippen molar-refractivity contribution in [3.8, 4) is 0 Å². The number of carbonyl (C=O) groups excluding carboxylic acids is 2. The smallest absolute Gasteiger partial charge is 0.223 e. The van der Waals surface area contributed by atoms with E-state index in [1.165, 1.54) is 12.8 Å². The SMILES string of the molecule is CCC(=O)N1CCC(C(=O)NC2CCC(C(C)C)(C(C)(C)C)CC2)CC1. The minimum atomic E-state index is 0.0790. The number of amides is 2. The third-order valence-electron chi connectivity index (χ3n) is 7.34. The number of hydrogen-bond acceptors (Lipinski definition) is 2. The molecule has 2 amide bonds. The van der Waals surface area contributed by atoms with Gasteiger partial charge in [-0.2, -0.15) is 0 Å². The van der Waals surface area contributed by atoms with E-state index in [1.807, 2.05) is 11.8 Å². The van der Waals surface area contributed by atoms with Crippen LogP contribution >= 0.6 is 0 Å². The second kappa shape index (κ2) is 8.31. The average Bonchev–Trinajstić information content (AvgIpc) is 2.60. The number of piperidine rings is 1. The minimum absolute atomic E-state index is 0.0790. The maximum absolute atomic E-state index is 12.7. The van der Waals surface area contributed by atoms with E-state index in [-0.39, 0.29) is 17.7 Å². The molecule has 2 rings (SSSR count). The Balaban J connectivity index is 1.84. The van der Waals surface area contributed by atoms with Gasteiger partial charge in [0, 0.05) is 31.5 Å². The summed E-state index contributed by atoms with van der Waals surface area (Å²) in [5.41, 5.74) is 0.675. The molecule has 0 aromatic carbocycles. The lowest BCUT2D eigenvalue weighted by molar-refractivity contribution is -0.135. The van der Waals surface area contributed by atoms with Gasteiger partial charge in [-0.3, -0.25) is 9.59 Å². The van der Waals surface area contributed by atoms with Crippen molar-refractivity contribution in [3.63, 3.8) is 0 Å². The first-order valence-corrected chi connectivity index (χ1v) is 10.7. The highest BCUT2D eigenvalue weighted by atomic mass is 16.2. The number of carbonyl (C=O) groups is 2. The molecule has 0 spiro atoms. The second-order valence-electron chi connectivity index (χ2n) is 9.85. The van der Waals surface area contributed by atoms with Crippen molar-refractivity contribution >= 4 is 11.8 Å². The van der Waals surface area contributed by atoms with E-state index in [9.17, 15) is 9.59 Å². The summed E-state index contributed by atoms with van der Waals surface area (Å²) in [6.45, 7) is 15.2. The van der Waals surface area contributed by atoms with Crippen LogP contribution in [0.2, 0.25) is 0 Å². The van der Waals surface area contributed by atoms with Crippen LogP contribution in [0.25, 0.3) is 0 Å². The summed E-state index contributed by atoms with van der Waals surface area (Å²) >= 11 is 0. The van der Waals surface area contributed by atoms with Gasteiger partial charge in [-0.25, -0.2) is 0 Å². The summed E-state index contributed by atoms with van der Waals surface area (Å²) in [7, 11) is 0. The van der Waals surface area contributed by atoms with Gasteiger partial charge in [0.05, 0.1) is 0 Å². The molecule has 1 N–H and O–H groups in total. The zero-order valence-corrected chi connectivity index (χ0v) is 17.9. The summed E-state index contributed by atoms with van der Waals surface area (Å²) in [4.78, 5) is 26.4. The Kier molecular flexibility index (Phi) is 6.79. The molecule has 2 fully saturated rings. The van der Waals surface area contributed by atoms with Gasteiger partial charge < -0.3 is 10.2 Å². The molecule has 1 heterocycles. The van der Waals surface area contributed by atoms with Crippen LogP contribution in [0.3, 0.4) is 0 Å². The van der Waals surface area contributed by atoms with Crippen molar-refractivity contribution in [2.24, 2.45) is 22.7 Å². The third kappa shape index (κ3) is 4.43. The fourth-order valence-electron chi connectivity index (χ4n) is 5.40. The minimum Gasteiger partial charge on any atom is -0.353 e. The first-order chi connectivity index (χ1) is 12.1. The van der Waals surface area contributed by atoms with E-state index in [2.05, 4.69) is 39.9 Å². The highest BCUT2D eigenvalue weighted by Gasteiger charge is 2.46. The molecule has 0 aromatic heterocycles. The Bertz CT molecular complexity index is 491. The summed E-state index contributed by atoms with van der Waals surface area (Å²) in [6, 6.07) is 0.326. The van der Waals surface area contributed by atoms with Crippen molar-refractivity contribution in [3.05, 3.63) is 0 Å². The lowest BCUT2D eigenvalue weighted by Crippen LogP contribution is -2.49. The summed E-state index contributed by atoms with van der Waals surface area (Å²) in [5, 5.41) is 3.33. The monoisotopic (exact) mass is 364 g/mol. The highest BCUT2D eigenvalue weighted by Crippen LogP contribution is 2.54. The maximum atomic E-state index is 12.7. The fourth-order valence-corrected chi connectivity index (χ4v) is 5.40. The molecule has 0 atom stereocenters. The zero-order chi connectivity index (χ0) is 19.5. The largest absolute Gasteiger partial charge is 0.353 e. The molecule has 1 aliphatic carbocycles. The molecule has 0 radical (unpaired) electrons. The molecule has 1 aliphatic heterocycles. The topological polar surface area (TPSA) is 49.4 Å². The van der Waals surface area contributed by atoms with Crippen LogP contribution in [0, 0.1) is 22.7 Å². The van der Waals surface area contributed by atoms with E-state index in [1.54, 1.807) is 0 Å². The Labute approximate surface area is 160 Å². The van der Waals surface area contributed by atoms with Gasteiger partial charge in [-0.15, -0.1) is 0 Å². The second-order valence-corrected chi connectivity index (χ2v) is 9.85. The van der Waals surface area contributed by atoms with Crippen LogP contribution in [-0.4, -0.2) is 35.8 Å². The van der Waals surface area contributed by atoms with E-state index >= 15 is 0 Å². The highest BCUT2D eigenvalue weighted by molar-refractivity contribution is 5.80. The van der Waals surface area contributed by atoms with Crippen LogP contribution in [0.4, 0.5) is 0 Å². The number of hydrogen-bond donors (Lipinski definition) is 1. The predicted octanol–water partition coefficient (Wildman–Crippen LogP) is 4.38. The molecule has 150 valence electrons. The van der Waals surface area contributed by atoms with Gasteiger partial charge in [0.25, 0.3) is 0 Å². The van der Waals surface area contributed by atoms with Crippen molar-refractivity contribution in [2.45, 2.75) is 92.5 Å². The zero-order valence-electron chi connectivity index (χ0n) is 17.9. The summed E-state index contributed by atoms with van der Waals surface area (Å²) < 4.78 is 0. The molecule has 4 heteroatoms. The van der Waals surface area contributed by atoms with E-state index in [0.29, 0.717) is 29.2 Å². The molecule has 1 saturated heterocycles. The summed E-state index contributed by atoms with van der Waals surface area (Å²) in [6.07, 6.45) is 6.75. The fraction of sp³-hybridized carbons (Fsp3) is 0.909. The maximum Gasteiger partial charge on any atom is 0.223 e. The number of rotatable bonds is 4. The predicted molar refractivity (Wildman–Crippen MR) is 107 cm³/mol. The van der Waals surface area contributed by atoms with Crippen LogP contribution < -0.4 is 5.32 Å². The molecular weight excluding hydrogens is 324 g/mol. The standard InChI is InChI=1S/C22H40N2O2/c1-7-19(25)24-14-10-17(11-15-24)20(26)23-18-8-12-22(13-9-18,16(2)3)21(4,5)6/h16-18H,7-15H2,1-6H3,(H,23,26). The van der Waals surface area contributed by atoms with E-state index < -0.39 is 0 Å². The molecule has 0 aromatic rings. The molecule has 4 nitrogen and oxygen atoms in total. The number of nitrogens with one attached hydrogen (secondary N) is 1. The van der Waals surface area contributed by atoms with Gasteiger partial charge >= 0.3 is 0 Å². The molecular formula is C22H40N2O2. The first-order valence-electron chi connectivity index (χ1n) is 10.7. The normalized spacial score (nSPS) is 28.3. The van der Waals surface area contributed by atoms with Crippen molar-refractivity contribution in [2.75, 3.05) is 13.1 Å². The Morgan fingerprint density at radius 3 is 2.04 bits per heavy atom. The molecule has 0 unspecified atom stereocenters. The van der Waals surface area contributed by atoms with Crippen LogP contribution in [0.1, 0.15) is 86.5 Å². The van der Waals surface area contributed by atoms with Crippen molar-refractivity contribution < 1.29 is 9.59 Å². The molecule has 1 saturated carbocycles. The Morgan fingerprint density at radius 2 is 1.62 bits per heavy atom. The lowest BCUT2D eigenvalue weighted by Gasteiger charge is -2.52. The van der Waals surface area contributed by atoms with Crippen LogP contribution in [-0.2, 0) is 9.59 Å². The first kappa shape index (κ1) is 21.2. The molecule has 0 bridgehead atoms. The van der Waals surface area contributed by atoms with E-state index in [4.69, 9.17) is 0 Å². The summed E-state index contributed by atoms with van der Waals surface area (Å²) in [5.74, 6) is 1.17. The third-order valence-corrected chi connectivity index (χ3v) is 7.34. The van der Waals surface area contributed by atoms with Gasteiger partial charge in [0.15, 0.2) is 0 Å². The van der Waals surface area contributed by atoms with Gasteiger partial charge in [-0.1, -0.05) is 41.5 Å². The Hall–Kier alpha value is -1.06. The van der Waals surface area contributed by atoms with E-state index in [0.717, 1.165) is 38.8 Å². The lowest BCUT2D eigenvalue weighted by atomic mass is 9.54. The van der Waals surface area contributed by atoms with Crippen molar-refractivity contribution in [1.82, 2.24) is 10.2 Å². The molecule has 26 heavy (non-hydrogen) atoms. The number of likely N-dealkylation sites (tertiary alicyclic amines) is 1.